The Morgan fingerprint density at radius 1 is 0.950 bits per heavy atom. The van der Waals surface area contributed by atoms with E-state index in [1.807, 2.05) is 24.3 Å². The maximum Gasteiger partial charge on any atom is 0.161 e. The van der Waals surface area contributed by atoms with Crippen molar-refractivity contribution in [3.63, 3.8) is 0 Å². The van der Waals surface area contributed by atoms with Crippen molar-refractivity contribution >= 4 is 28.9 Å². The smallest absolute Gasteiger partial charge is 0.161 e. The van der Waals surface area contributed by atoms with Crippen LogP contribution in [0, 0.1) is 0 Å². The van der Waals surface area contributed by atoms with Crippen LogP contribution in [0.4, 0.5) is 5.69 Å². The van der Waals surface area contributed by atoms with Crippen molar-refractivity contribution in [2.75, 3.05) is 19.5 Å². The first kappa shape index (κ1) is 14.8. The van der Waals surface area contributed by atoms with Crippen molar-refractivity contribution in [1.29, 1.82) is 0 Å². The fourth-order valence-corrected chi connectivity index (χ4v) is 2.30. The van der Waals surface area contributed by atoms with Crippen molar-refractivity contribution in [3.8, 4) is 11.5 Å². The van der Waals surface area contributed by atoms with Crippen molar-refractivity contribution < 1.29 is 9.47 Å². The van der Waals surface area contributed by atoms with Crippen LogP contribution < -0.4 is 14.8 Å². The molecule has 0 aliphatic heterocycles. The van der Waals surface area contributed by atoms with Crippen LogP contribution in [0.5, 0.6) is 11.5 Å². The molecule has 0 aromatic heterocycles. The maximum atomic E-state index is 6.11. The Bertz CT molecular complexity index is 602. The highest BCUT2D eigenvalue weighted by Crippen LogP contribution is 2.29. The molecule has 1 N–H and O–H groups in total. The van der Waals surface area contributed by atoms with Gasteiger partial charge in [-0.1, -0.05) is 29.3 Å². The quantitative estimate of drug-likeness (QED) is 0.873. The minimum Gasteiger partial charge on any atom is -0.493 e. The SMILES string of the molecule is COc1ccc(CNc2ccc(Cl)cc2Cl)cc1OC. The van der Waals surface area contributed by atoms with Gasteiger partial charge in [0.05, 0.1) is 24.9 Å². The molecule has 2 aromatic carbocycles. The standard InChI is InChI=1S/C15H15Cl2NO2/c1-19-14-6-3-10(7-15(14)20-2)9-18-13-5-4-11(16)8-12(13)17/h3-8,18H,9H2,1-2H3. The van der Waals surface area contributed by atoms with Gasteiger partial charge in [-0.15, -0.1) is 0 Å². The van der Waals surface area contributed by atoms with Gasteiger partial charge in [0.25, 0.3) is 0 Å². The van der Waals surface area contributed by atoms with Gasteiger partial charge in [0.15, 0.2) is 11.5 Å². The molecule has 0 bridgehead atoms. The maximum absolute atomic E-state index is 6.11. The Morgan fingerprint density at radius 3 is 2.35 bits per heavy atom. The molecule has 0 saturated carbocycles. The van der Waals surface area contributed by atoms with Gasteiger partial charge >= 0.3 is 0 Å². The van der Waals surface area contributed by atoms with Crippen LogP contribution in [-0.2, 0) is 6.54 Å². The van der Waals surface area contributed by atoms with E-state index in [9.17, 15) is 0 Å². The van der Waals surface area contributed by atoms with Crippen LogP contribution >= 0.6 is 23.2 Å². The zero-order valence-electron chi connectivity index (χ0n) is 11.2. The average Bonchev–Trinajstić information content (AvgIpc) is 2.46. The second-order valence-corrected chi connectivity index (χ2v) is 5.01. The molecule has 0 fully saturated rings. The van der Waals surface area contributed by atoms with E-state index < -0.39 is 0 Å². The largest absolute Gasteiger partial charge is 0.493 e. The number of rotatable bonds is 5. The summed E-state index contributed by atoms with van der Waals surface area (Å²) in [6, 6.07) is 11.1. The topological polar surface area (TPSA) is 30.5 Å². The molecule has 2 rings (SSSR count). The van der Waals surface area contributed by atoms with Crippen LogP contribution in [0.2, 0.25) is 10.0 Å². The lowest BCUT2D eigenvalue weighted by atomic mass is 10.2. The average molecular weight is 312 g/mol. The number of nitrogens with one attached hydrogen (secondary N) is 1. The summed E-state index contributed by atoms with van der Waals surface area (Å²) in [6.07, 6.45) is 0. The van der Waals surface area contributed by atoms with E-state index in [1.54, 1.807) is 26.4 Å². The number of ether oxygens (including phenoxy) is 2. The second-order valence-electron chi connectivity index (χ2n) is 4.17. The highest BCUT2D eigenvalue weighted by molar-refractivity contribution is 6.36. The molecule has 3 nitrogen and oxygen atoms in total. The minimum atomic E-state index is 0.595. The molecule has 0 unspecified atom stereocenters. The molecule has 0 atom stereocenters. The summed E-state index contributed by atoms with van der Waals surface area (Å²) in [5.74, 6) is 1.41. The van der Waals surface area contributed by atoms with Gasteiger partial charge < -0.3 is 14.8 Å². The van der Waals surface area contributed by atoms with Crippen LogP contribution in [-0.4, -0.2) is 14.2 Å². The molecule has 0 saturated heterocycles. The second kappa shape index (κ2) is 6.73. The third kappa shape index (κ3) is 3.50. The lowest BCUT2D eigenvalue weighted by molar-refractivity contribution is 0.354. The first-order chi connectivity index (χ1) is 9.63. The zero-order chi connectivity index (χ0) is 14.5. The van der Waals surface area contributed by atoms with Crippen LogP contribution in [0.3, 0.4) is 0 Å². The van der Waals surface area contributed by atoms with E-state index in [1.165, 1.54) is 0 Å². The normalized spacial score (nSPS) is 10.2. The van der Waals surface area contributed by atoms with E-state index in [-0.39, 0.29) is 0 Å². The highest BCUT2D eigenvalue weighted by Gasteiger charge is 2.05. The van der Waals surface area contributed by atoms with Crippen molar-refractivity contribution in [1.82, 2.24) is 0 Å². The Morgan fingerprint density at radius 2 is 1.70 bits per heavy atom. The van der Waals surface area contributed by atoms with Gasteiger partial charge in [-0.3, -0.25) is 0 Å². The number of methoxy groups -OCH3 is 2. The molecule has 106 valence electrons. The number of anilines is 1. The fourth-order valence-electron chi connectivity index (χ4n) is 1.82. The van der Waals surface area contributed by atoms with E-state index >= 15 is 0 Å². The molecule has 5 heteroatoms. The molecule has 0 heterocycles. The fraction of sp³-hybridized carbons (Fsp3) is 0.200. The summed E-state index contributed by atoms with van der Waals surface area (Å²) < 4.78 is 10.5. The van der Waals surface area contributed by atoms with Gasteiger partial charge in [-0.2, -0.15) is 0 Å². The van der Waals surface area contributed by atoms with E-state index in [2.05, 4.69) is 5.32 Å². The molecule has 20 heavy (non-hydrogen) atoms. The van der Waals surface area contributed by atoms with Crippen molar-refractivity contribution in [2.45, 2.75) is 6.54 Å². The molecule has 0 spiro atoms. The number of halogens is 2. The third-order valence-electron chi connectivity index (χ3n) is 2.86. The van der Waals surface area contributed by atoms with Crippen molar-refractivity contribution in [3.05, 3.63) is 52.0 Å². The molecule has 2 aromatic rings. The van der Waals surface area contributed by atoms with Crippen LogP contribution in [0.1, 0.15) is 5.56 Å². The predicted octanol–water partition coefficient (Wildman–Crippen LogP) is 4.62. The van der Waals surface area contributed by atoms with Crippen LogP contribution in [0.15, 0.2) is 36.4 Å². The van der Waals surface area contributed by atoms with Gasteiger partial charge in [0.2, 0.25) is 0 Å². The van der Waals surface area contributed by atoms with Gasteiger partial charge in [-0.05, 0) is 35.9 Å². The summed E-state index contributed by atoms with van der Waals surface area (Å²) in [4.78, 5) is 0. The molecule has 0 aliphatic carbocycles. The lowest BCUT2D eigenvalue weighted by Gasteiger charge is -2.12. The summed E-state index contributed by atoms with van der Waals surface area (Å²) in [5, 5.41) is 4.47. The van der Waals surface area contributed by atoms with E-state index in [0.29, 0.717) is 28.1 Å². The van der Waals surface area contributed by atoms with Crippen LogP contribution in [0.25, 0.3) is 0 Å². The monoisotopic (exact) mass is 311 g/mol. The Hall–Kier alpha value is -1.58. The Balaban J connectivity index is 2.10. The van der Waals surface area contributed by atoms with Gasteiger partial charge in [0.1, 0.15) is 0 Å². The molecular formula is C15H15Cl2NO2. The van der Waals surface area contributed by atoms with Gasteiger partial charge in [0, 0.05) is 11.6 Å². The Kier molecular flexibility index (Phi) is 4.99. The summed E-state index contributed by atoms with van der Waals surface area (Å²) in [6.45, 7) is 0.627. The molecule has 0 amide bonds. The Labute approximate surface area is 128 Å². The number of hydrogen-bond donors (Lipinski definition) is 1. The first-order valence-electron chi connectivity index (χ1n) is 6.04. The van der Waals surface area contributed by atoms with Crippen molar-refractivity contribution in [2.24, 2.45) is 0 Å². The van der Waals surface area contributed by atoms with Gasteiger partial charge in [-0.25, -0.2) is 0 Å². The summed E-state index contributed by atoms with van der Waals surface area (Å²) in [5.41, 5.74) is 1.90. The minimum absolute atomic E-state index is 0.595. The third-order valence-corrected chi connectivity index (χ3v) is 3.41. The number of benzene rings is 2. The summed E-state index contributed by atoms with van der Waals surface area (Å²) in [7, 11) is 3.23. The zero-order valence-corrected chi connectivity index (χ0v) is 12.8. The molecular weight excluding hydrogens is 297 g/mol. The predicted molar refractivity (Wildman–Crippen MR) is 83.3 cm³/mol. The summed E-state index contributed by atoms with van der Waals surface area (Å²) >= 11 is 12.0. The molecule has 0 aliphatic rings. The molecule has 0 radical (unpaired) electrons. The number of hydrogen-bond acceptors (Lipinski definition) is 3. The van der Waals surface area contributed by atoms with E-state index in [4.69, 9.17) is 32.7 Å². The van der Waals surface area contributed by atoms with E-state index in [0.717, 1.165) is 11.3 Å². The highest BCUT2D eigenvalue weighted by atomic mass is 35.5. The lowest BCUT2D eigenvalue weighted by Crippen LogP contribution is -2.01. The first-order valence-corrected chi connectivity index (χ1v) is 6.79.